The summed E-state index contributed by atoms with van der Waals surface area (Å²) in [6.45, 7) is 4.63. The van der Waals surface area contributed by atoms with E-state index in [4.69, 9.17) is 10.5 Å². The SMILES string of the molecule is CC(N)=NCC1CCC(C)O1. The van der Waals surface area contributed by atoms with Crippen molar-refractivity contribution in [1.29, 1.82) is 0 Å². The van der Waals surface area contributed by atoms with Gasteiger partial charge >= 0.3 is 0 Å². The van der Waals surface area contributed by atoms with E-state index in [2.05, 4.69) is 11.9 Å². The van der Waals surface area contributed by atoms with Crippen LogP contribution in [0.4, 0.5) is 0 Å². The Kier molecular flexibility index (Phi) is 2.88. The van der Waals surface area contributed by atoms with Crippen molar-refractivity contribution in [2.24, 2.45) is 10.7 Å². The van der Waals surface area contributed by atoms with Gasteiger partial charge in [0.15, 0.2) is 0 Å². The van der Waals surface area contributed by atoms with Gasteiger partial charge in [-0.1, -0.05) is 0 Å². The van der Waals surface area contributed by atoms with E-state index < -0.39 is 0 Å². The molecule has 1 rings (SSSR count). The van der Waals surface area contributed by atoms with Crippen molar-refractivity contribution in [3.8, 4) is 0 Å². The Bertz CT molecular complexity index is 152. The minimum atomic E-state index is 0.309. The second-order valence-electron chi connectivity index (χ2n) is 3.13. The zero-order chi connectivity index (χ0) is 8.27. The molecule has 0 aromatic rings. The molecule has 0 radical (unpaired) electrons. The van der Waals surface area contributed by atoms with Gasteiger partial charge in [0.25, 0.3) is 0 Å². The first kappa shape index (κ1) is 8.53. The van der Waals surface area contributed by atoms with Crippen molar-refractivity contribution in [2.75, 3.05) is 6.54 Å². The molecule has 11 heavy (non-hydrogen) atoms. The third-order valence-electron chi connectivity index (χ3n) is 1.86. The molecule has 0 spiro atoms. The van der Waals surface area contributed by atoms with Crippen molar-refractivity contribution in [3.05, 3.63) is 0 Å². The highest BCUT2D eigenvalue weighted by molar-refractivity contribution is 5.77. The second-order valence-corrected chi connectivity index (χ2v) is 3.13. The molecule has 0 saturated carbocycles. The zero-order valence-electron chi connectivity index (χ0n) is 7.21. The molecule has 64 valence electrons. The number of rotatable bonds is 2. The Morgan fingerprint density at radius 3 is 2.82 bits per heavy atom. The van der Waals surface area contributed by atoms with E-state index in [-0.39, 0.29) is 0 Å². The lowest BCUT2D eigenvalue weighted by atomic mass is 10.2. The third-order valence-corrected chi connectivity index (χ3v) is 1.86. The summed E-state index contributed by atoms with van der Waals surface area (Å²) in [5.41, 5.74) is 5.40. The quantitative estimate of drug-likeness (QED) is 0.477. The highest BCUT2D eigenvalue weighted by atomic mass is 16.5. The molecule has 3 nitrogen and oxygen atoms in total. The fraction of sp³-hybridized carbons (Fsp3) is 0.875. The molecule has 2 N–H and O–H groups in total. The minimum absolute atomic E-state index is 0.309. The first-order valence-corrected chi connectivity index (χ1v) is 4.10. The Labute approximate surface area is 67.6 Å². The average Bonchev–Trinajstić information content (AvgIpc) is 2.31. The monoisotopic (exact) mass is 156 g/mol. The molecule has 0 aromatic heterocycles. The molecule has 1 heterocycles. The summed E-state index contributed by atoms with van der Waals surface area (Å²) in [5, 5.41) is 0. The first-order chi connectivity index (χ1) is 5.18. The molecule has 2 atom stereocenters. The zero-order valence-corrected chi connectivity index (χ0v) is 7.21. The van der Waals surface area contributed by atoms with Crippen LogP contribution in [-0.4, -0.2) is 24.6 Å². The summed E-state index contributed by atoms with van der Waals surface area (Å²) in [7, 11) is 0. The lowest BCUT2D eigenvalue weighted by Gasteiger charge is -2.07. The van der Waals surface area contributed by atoms with Crippen LogP contribution in [0.1, 0.15) is 26.7 Å². The van der Waals surface area contributed by atoms with E-state index in [9.17, 15) is 0 Å². The van der Waals surface area contributed by atoms with Crippen molar-refractivity contribution in [3.63, 3.8) is 0 Å². The maximum Gasteiger partial charge on any atom is 0.0906 e. The van der Waals surface area contributed by atoms with Crippen molar-refractivity contribution < 1.29 is 4.74 Å². The van der Waals surface area contributed by atoms with Crippen LogP contribution in [0.3, 0.4) is 0 Å². The fourth-order valence-electron chi connectivity index (χ4n) is 1.27. The van der Waals surface area contributed by atoms with Crippen molar-refractivity contribution in [1.82, 2.24) is 0 Å². The predicted molar refractivity (Wildman–Crippen MR) is 45.7 cm³/mol. The third kappa shape index (κ3) is 2.89. The number of nitrogens with zero attached hydrogens (tertiary/aromatic N) is 1. The van der Waals surface area contributed by atoms with Gasteiger partial charge in [-0.3, -0.25) is 4.99 Å². The first-order valence-electron chi connectivity index (χ1n) is 4.10. The van der Waals surface area contributed by atoms with Gasteiger partial charge in [-0.15, -0.1) is 0 Å². The van der Waals surface area contributed by atoms with Gasteiger partial charge in [-0.2, -0.15) is 0 Å². The molecule has 2 unspecified atom stereocenters. The predicted octanol–water partition coefficient (Wildman–Crippen LogP) is 0.931. The molecule has 3 heteroatoms. The summed E-state index contributed by atoms with van der Waals surface area (Å²) in [4.78, 5) is 4.11. The number of amidine groups is 1. The molecule has 1 saturated heterocycles. The molecule has 1 aliphatic rings. The molecule has 1 aliphatic heterocycles. The van der Waals surface area contributed by atoms with Crippen molar-refractivity contribution >= 4 is 5.84 Å². The van der Waals surface area contributed by atoms with Crippen LogP contribution in [-0.2, 0) is 4.74 Å². The number of aliphatic imine (C=N–C) groups is 1. The molecule has 0 bridgehead atoms. The van der Waals surface area contributed by atoms with Crippen LogP contribution in [0.15, 0.2) is 4.99 Å². The minimum Gasteiger partial charge on any atom is -0.388 e. The number of hydrogen-bond acceptors (Lipinski definition) is 2. The number of hydrogen-bond donors (Lipinski definition) is 1. The van der Waals surface area contributed by atoms with Crippen LogP contribution >= 0.6 is 0 Å². The summed E-state index contributed by atoms with van der Waals surface area (Å²) in [5.74, 6) is 0.646. The molecule has 0 amide bonds. The molecular weight excluding hydrogens is 140 g/mol. The molecule has 0 aliphatic carbocycles. The second kappa shape index (κ2) is 3.72. The lowest BCUT2D eigenvalue weighted by molar-refractivity contribution is 0.0615. The Hall–Kier alpha value is -0.570. The number of nitrogens with two attached hydrogens (primary N) is 1. The maximum absolute atomic E-state index is 5.55. The van der Waals surface area contributed by atoms with Gasteiger partial charge < -0.3 is 10.5 Å². The fourth-order valence-corrected chi connectivity index (χ4v) is 1.27. The Morgan fingerprint density at radius 1 is 1.64 bits per heavy atom. The average molecular weight is 156 g/mol. The van der Waals surface area contributed by atoms with E-state index in [1.54, 1.807) is 6.92 Å². The van der Waals surface area contributed by atoms with Crippen LogP contribution in [0, 0.1) is 0 Å². The van der Waals surface area contributed by atoms with Crippen LogP contribution in [0.25, 0.3) is 0 Å². The number of ether oxygens (including phenoxy) is 1. The normalized spacial score (nSPS) is 32.7. The largest absolute Gasteiger partial charge is 0.388 e. The molecular formula is C8H16N2O. The highest BCUT2D eigenvalue weighted by Crippen LogP contribution is 2.18. The van der Waals surface area contributed by atoms with Gasteiger partial charge in [0.1, 0.15) is 0 Å². The molecule has 0 aromatic carbocycles. The lowest BCUT2D eigenvalue weighted by Crippen LogP contribution is -2.15. The molecule has 1 fully saturated rings. The summed E-state index contributed by atoms with van der Waals surface area (Å²) < 4.78 is 5.55. The van der Waals surface area contributed by atoms with E-state index in [0.717, 1.165) is 19.4 Å². The highest BCUT2D eigenvalue weighted by Gasteiger charge is 2.20. The van der Waals surface area contributed by atoms with E-state index >= 15 is 0 Å². The summed E-state index contributed by atoms with van der Waals surface area (Å²) in [6, 6.07) is 0. The Morgan fingerprint density at radius 2 is 2.36 bits per heavy atom. The topological polar surface area (TPSA) is 47.6 Å². The standard InChI is InChI=1S/C8H16N2O/c1-6-3-4-8(11-6)5-10-7(2)9/h6,8H,3-5H2,1-2H3,(H2,9,10). The van der Waals surface area contributed by atoms with Crippen LogP contribution in [0.2, 0.25) is 0 Å². The van der Waals surface area contributed by atoms with Gasteiger partial charge in [0.2, 0.25) is 0 Å². The van der Waals surface area contributed by atoms with Crippen molar-refractivity contribution in [2.45, 2.75) is 38.9 Å². The van der Waals surface area contributed by atoms with Crippen LogP contribution in [0.5, 0.6) is 0 Å². The van der Waals surface area contributed by atoms with Gasteiger partial charge in [-0.05, 0) is 26.7 Å². The van der Waals surface area contributed by atoms with Gasteiger partial charge in [0, 0.05) is 0 Å². The van der Waals surface area contributed by atoms with E-state index in [0.29, 0.717) is 18.0 Å². The van der Waals surface area contributed by atoms with E-state index in [1.807, 2.05) is 0 Å². The van der Waals surface area contributed by atoms with Gasteiger partial charge in [-0.25, -0.2) is 0 Å². The summed E-state index contributed by atoms with van der Waals surface area (Å²) >= 11 is 0. The smallest absolute Gasteiger partial charge is 0.0906 e. The summed E-state index contributed by atoms with van der Waals surface area (Å²) in [6.07, 6.45) is 3.00. The maximum atomic E-state index is 5.55. The Balaban J connectivity index is 2.23. The van der Waals surface area contributed by atoms with E-state index in [1.165, 1.54) is 0 Å². The van der Waals surface area contributed by atoms with Gasteiger partial charge in [0.05, 0.1) is 24.6 Å². The van der Waals surface area contributed by atoms with Crippen LogP contribution < -0.4 is 5.73 Å².